The van der Waals surface area contributed by atoms with Crippen LogP contribution >= 0.6 is 0 Å². The van der Waals surface area contributed by atoms with Gasteiger partial charge in [-0.2, -0.15) is 0 Å². The van der Waals surface area contributed by atoms with Gasteiger partial charge >= 0.3 is 5.97 Å². The lowest BCUT2D eigenvalue weighted by Crippen LogP contribution is -2.45. The molecule has 0 aliphatic carbocycles. The van der Waals surface area contributed by atoms with Gasteiger partial charge in [-0.1, -0.05) is 41.5 Å². The van der Waals surface area contributed by atoms with Gasteiger partial charge in [0.2, 0.25) is 0 Å². The number of rotatable bonds is 3. The molecule has 0 aromatic carbocycles. The van der Waals surface area contributed by atoms with E-state index in [2.05, 4.69) is 0 Å². The molecule has 0 bridgehead atoms. The van der Waals surface area contributed by atoms with Gasteiger partial charge < -0.3 is 4.74 Å². The number of carbonyl (C=O) groups is 3. The maximum Gasteiger partial charge on any atom is 0.324 e. The molecule has 4 nitrogen and oxygen atoms in total. The van der Waals surface area contributed by atoms with Gasteiger partial charge in [0.15, 0.2) is 17.5 Å². The largest absolute Gasteiger partial charge is 0.459 e. The van der Waals surface area contributed by atoms with E-state index >= 15 is 0 Å². The molecule has 4 heteroatoms. The number of hydrogen-bond acceptors (Lipinski definition) is 4. The Morgan fingerprint density at radius 3 is 1.20 bits per heavy atom. The molecule has 0 aliphatic rings. The predicted molar refractivity (Wildman–Crippen MR) is 78.3 cm³/mol. The molecule has 0 amide bonds. The van der Waals surface area contributed by atoms with Crippen LogP contribution in [0.25, 0.3) is 0 Å². The van der Waals surface area contributed by atoms with Crippen LogP contribution in [0, 0.1) is 16.7 Å². The topological polar surface area (TPSA) is 60.4 Å². The van der Waals surface area contributed by atoms with Gasteiger partial charge in [-0.25, -0.2) is 0 Å². The van der Waals surface area contributed by atoms with E-state index in [4.69, 9.17) is 4.74 Å². The Hall–Kier alpha value is -1.19. The van der Waals surface area contributed by atoms with Crippen LogP contribution in [0.4, 0.5) is 0 Å². The molecule has 0 aliphatic heterocycles. The molecular weight excluding hydrogens is 256 g/mol. The Kier molecular flexibility index (Phi) is 5.33. The van der Waals surface area contributed by atoms with Crippen molar-refractivity contribution in [3.05, 3.63) is 0 Å². The van der Waals surface area contributed by atoms with E-state index in [1.165, 1.54) is 0 Å². The van der Waals surface area contributed by atoms with Crippen molar-refractivity contribution < 1.29 is 19.1 Å². The van der Waals surface area contributed by atoms with Gasteiger partial charge in [0.25, 0.3) is 0 Å². The highest BCUT2D eigenvalue weighted by molar-refractivity contribution is 6.19. The normalized spacial score (nSPS) is 13.3. The van der Waals surface area contributed by atoms with Crippen molar-refractivity contribution in [2.75, 3.05) is 0 Å². The molecule has 0 rings (SSSR count). The molecule has 0 radical (unpaired) electrons. The van der Waals surface area contributed by atoms with E-state index < -0.39 is 39.9 Å². The van der Waals surface area contributed by atoms with Gasteiger partial charge in [-0.3, -0.25) is 14.4 Å². The molecule has 0 aromatic heterocycles. The lowest BCUT2D eigenvalue weighted by Gasteiger charge is -2.29. The Balaban J connectivity index is 5.57. The minimum Gasteiger partial charge on any atom is -0.459 e. The van der Waals surface area contributed by atoms with Gasteiger partial charge in [0.1, 0.15) is 5.60 Å². The van der Waals surface area contributed by atoms with Gasteiger partial charge in [0, 0.05) is 10.8 Å². The van der Waals surface area contributed by atoms with E-state index in [1.807, 2.05) is 0 Å². The standard InChI is InChI=1S/C16H28O4/c1-14(2,3)11(17)10(12(18)15(4,5)6)13(19)20-16(7,8)9/h10H,1-9H3. The Morgan fingerprint density at radius 1 is 0.700 bits per heavy atom. The molecule has 0 heterocycles. The molecule has 0 spiro atoms. The molecule has 0 unspecified atom stereocenters. The second-order valence-corrected chi connectivity index (χ2v) is 8.19. The zero-order chi connectivity index (χ0) is 16.5. The highest BCUT2D eigenvalue weighted by Gasteiger charge is 2.45. The summed E-state index contributed by atoms with van der Waals surface area (Å²) >= 11 is 0. The van der Waals surface area contributed by atoms with E-state index in [0.29, 0.717) is 0 Å². The number of ketones is 2. The summed E-state index contributed by atoms with van der Waals surface area (Å²) in [6, 6.07) is 0. The predicted octanol–water partition coefficient (Wildman–Crippen LogP) is 3.17. The van der Waals surface area contributed by atoms with E-state index in [-0.39, 0.29) is 0 Å². The fourth-order valence-electron chi connectivity index (χ4n) is 1.56. The highest BCUT2D eigenvalue weighted by Crippen LogP contribution is 2.29. The molecule has 20 heavy (non-hydrogen) atoms. The first kappa shape index (κ1) is 18.8. The SMILES string of the molecule is CC(C)(C)OC(=O)C(C(=O)C(C)(C)C)C(=O)C(C)(C)C. The zero-order valence-corrected chi connectivity index (χ0v) is 14.2. The molecule has 116 valence electrons. The summed E-state index contributed by atoms with van der Waals surface area (Å²) in [5.41, 5.74) is -2.28. The van der Waals surface area contributed by atoms with Crippen LogP contribution in [0.1, 0.15) is 62.3 Å². The van der Waals surface area contributed by atoms with E-state index in [9.17, 15) is 14.4 Å². The third kappa shape index (κ3) is 5.43. The van der Waals surface area contributed by atoms with Crippen molar-refractivity contribution in [3.63, 3.8) is 0 Å². The third-order valence-electron chi connectivity index (χ3n) is 2.65. The first-order valence-electron chi connectivity index (χ1n) is 6.89. The molecule has 0 aromatic rings. The summed E-state index contributed by atoms with van der Waals surface area (Å²) < 4.78 is 5.25. The summed E-state index contributed by atoms with van der Waals surface area (Å²) in [4.78, 5) is 37.2. The Morgan fingerprint density at radius 2 is 1.00 bits per heavy atom. The second-order valence-electron chi connectivity index (χ2n) is 8.19. The number of esters is 1. The van der Waals surface area contributed by atoms with Crippen LogP contribution in [-0.2, 0) is 19.1 Å². The number of ether oxygens (including phenoxy) is 1. The highest BCUT2D eigenvalue weighted by atomic mass is 16.6. The van der Waals surface area contributed by atoms with Crippen LogP contribution in [0.5, 0.6) is 0 Å². The van der Waals surface area contributed by atoms with Crippen molar-refractivity contribution in [2.24, 2.45) is 16.7 Å². The fourth-order valence-corrected chi connectivity index (χ4v) is 1.56. The van der Waals surface area contributed by atoms with Crippen LogP contribution in [-0.4, -0.2) is 23.1 Å². The average Bonchev–Trinajstić information content (AvgIpc) is 2.11. The summed E-state index contributed by atoms with van der Waals surface area (Å²) in [6.45, 7) is 15.3. The van der Waals surface area contributed by atoms with Crippen LogP contribution in [0.3, 0.4) is 0 Å². The Bertz CT molecular complexity index is 374. The maximum absolute atomic E-state index is 12.5. The summed E-state index contributed by atoms with van der Waals surface area (Å²) in [5, 5.41) is 0. The van der Waals surface area contributed by atoms with Gasteiger partial charge in [-0.15, -0.1) is 0 Å². The summed E-state index contributed by atoms with van der Waals surface area (Å²) in [5.74, 6) is -2.90. The first-order valence-corrected chi connectivity index (χ1v) is 6.89. The van der Waals surface area contributed by atoms with Crippen molar-refractivity contribution in [3.8, 4) is 0 Å². The third-order valence-corrected chi connectivity index (χ3v) is 2.65. The van der Waals surface area contributed by atoms with Gasteiger partial charge in [-0.05, 0) is 20.8 Å². The minimum atomic E-state index is -1.35. The fraction of sp³-hybridized carbons (Fsp3) is 0.812. The maximum atomic E-state index is 12.5. The Labute approximate surface area is 122 Å². The average molecular weight is 284 g/mol. The molecule has 0 saturated heterocycles. The smallest absolute Gasteiger partial charge is 0.324 e. The zero-order valence-electron chi connectivity index (χ0n) is 14.2. The first-order chi connectivity index (χ1) is 8.57. The molecule has 0 atom stereocenters. The molecule has 0 saturated carbocycles. The van der Waals surface area contributed by atoms with Crippen molar-refractivity contribution >= 4 is 17.5 Å². The monoisotopic (exact) mass is 284 g/mol. The summed E-state index contributed by atoms with van der Waals surface area (Å²) in [7, 11) is 0. The van der Waals surface area contributed by atoms with Gasteiger partial charge in [0.05, 0.1) is 0 Å². The number of hydrogen-bond donors (Lipinski definition) is 0. The minimum absolute atomic E-state index is 0.397. The number of carbonyl (C=O) groups excluding carboxylic acids is 3. The van der Waals surface area contributed by atoms with Crippen molar-refractivity contribution in [1.82, 2.24) is 0 Å². The lowest BCUT2D eigenvalue weighted by atomic mass is 9.74. The van der Waals surface area contributed by atoms with E-state index in [0.717, 1.165) is 0 Å². The van der Waals surface area contributed by atoms with Crippen LogP contribution in [0.15, 0.2) is 0 Å². The van der Waals surface area contributed by atoms with Crippen LogP contribution < -0.4 is 0 Å². The quantitative estimate of drug-likeness (QED) is 0.590. The van der Waals surface area contributed by atoms with Crippen LogP contribution in [0.2, 0.25) is 0 Å². The number of Topliss-reactive ketones (excluding diaryl/α,β-unsaturated/α-hetero) is 2. The van der Waals surface area contributed by atoms with Crippen molar-refractivity contribution in [2.45, 2.75) is 67.9 Å². The lowest BCUT2D eigenvalue weighted by molar-refractivity contribution is -0.167. The molecule has 0 fully saturated rings. The summed E-state index contributed by atoms with van der Waals surface area (Å²) in [6.07, 6.45) is 0. The molecular formula is C16H28O4. The van der Waals surface area contributed by atoms with E-state index in [1.54, 1.807) is 62.3 Å². The second kappa shape index (κ2) is 5.66. The van der Waals surface area contributed by atoms with Crippen molar-refractivity contribution in [1.29, 1.82) is 0 Å². The molecule has 0 N–H and O–H groups in total.